The summed E-state index contributed by atoms with van der Waals surface area (Å²) in [6, 6.07) is 0.450. The maximum Gasteiger partial charge on any atom is 0.0959 e. The summed E-state index contributed by atoms with van der Waals surface area (Å²) in [6.45, 7) is 2.18. The van der Waals surface area contributed by atoms with E-state index in [1.165, 1.54) is 29.1 Å². The van der Waals surface area contributed by atoms with E-state index in [1.54, 1.807) is 0 Å². The van der Waals surface area contributed by atoms with Crippen molar-refractivity contribution in [2.75, 3.05) is 7.05 Å². The van der Waals surface area contributed by atoms with E-state index in [9.17, 15) is 0 Å². The molecule has 1 heterocycles. The zero-order valence-corrected chi connectivity index (χ0v) is 9.03. The minimum atomic E-state index is 0.450. The van der Waals surface area contributed by atoms with Crippen LogP contribution in [0.15, 0.2) is 6.20 Å². The summed E-state index contributed by atoms with van der Waals surface area (Å²) in [7, 11) is 1.99. The normalized spacial score (nSPS) is 19.8. The maximum absolute atomic E-state index is 4.49. The Kier molecular flexibility index (Phi) is 2.65. The van der Waals surface area contributed by atoms with Crippen LogP contribution in [0.2, 0.25) is 0 Å². The summed E-state index contributed by atoms with van der Waals surface area (Å²) >= 11 is 1.88. The third-order valence-electron chi connectivity index (χ3n) is 2.86. The maximum atomic E-state index is 4.49. The van der Waals surface area contributed by atoms with Crippen molar-refractivity contribution in [3.63, 3.8) is 0 Å². The summed E-state index contributed by atoms with van der Waals surface area (Å²) in [5, 5.41) is 4.59. The third kappa shape index (κ3) is 1.76. The van der Waals surface area contributed by atoms with E-state index in [4.69, 9.17) is 0 Å². The van der Waals surface area contributed by atoms with E-state index in [1.807, 2.05) is 24.6 Å². The Hall–Kier alpha value is -0.410. The summed E-state index contributed by atoms with van der Waals surface area (Å²) < 4.78 is 0. The van der Waals surface area contributed by atoms with Crippen LogP contribution in [-0.2, 0) is 0 Å². The lowest BCUT2D eigenvalue weighted by molar-refractivity contribution is 0.418. The predicted octanol–water partition coefficient (Wildman–Crippen LogP) is 2.69. The highest BCUT2D eigenvalue weighted by Crippen LogP contribution is 2.38. The standard InChI is InChI=1S/C10H16N2S/c1-7(11-2)9-6-12-10(13-9)8-4-3-5-8/h6-8,11H,3-5H2,1-2H3. The molecule has 1 aliphatic rings. The van der Waals surface area contributed by atoms with Gasteiger partial charge in [-0.15, -0.1) is 11.3 Å². The molecule has 3 heteroatoms. The lowest BCUT2D eigenvalue weighted by Crippen LogP contribution is -2.10. The van der Waals surface area contributed by atoms with Crippen molar-refractivity contribution in [3.05, 3.63) is 16.1 Å². The van der Waals surface area contributed by atoms with Gasteiger partial charge in [-0.1, -0.05) is 6.42 Å². The molecule has 0 amide bonds. The molecule has 1 aromatic heterocycles. The molecule has 1 N–H and O–H groups in total. The quantitative estimate of drug-likeness (QED) is 0.804. The van der Waals surface area contributed by atoms with E-state index in [2.05, 4.69) is 17.2 Å². The minimum absolute atomic E-state index is 0.450. The average molecular weight is 196 g/mol. The van der Waals surface area contributed by atoms with E-state index in [0.29, 0.717) is 6.04 Å². The molecule has 1 fully saturated rings. The summed E-state index contributed by atoms with van der Waals surface area (Å²) in [6.07, 6.45) is 6.11. The highest BCUT2D eigenvalue weighted by atomic mass is 32.1. The molecule has 13 heavy (non-hydrogen) atoms. The molecule has 0 radical (unpaired) electrons. The largest absolute Gasteiger partial charge is 0.312 e. The monoisotopic (exact) mass is 196 g/mol. The number of hydrogen-bond donors (Lipinski definition) is 1. The topological polar surface area (TPSA) is 24.9 Å². The van der Waals surface area contributed by atoms with E-state index >= 15 is 0 Å². The average Bonchev–Trinajstić information content (AvgIpc) is 2.49. The van der Waals surface area contributed by atoms with E-state index in [-0.39, 0.29) is 0 Å². The van der Waals surface area contributed by atoms with Gasteiger partial charge in [-0.25, -0.2) is 4.98 Å². The van der Waals surface area contributed by atoms with Crippen molar-refractivity contribution < 1.29 is 0 Å². The van der Waals surface area contributed by atoms with Crippen molar-refractivity contribution in [3.8, 4) is 0 Å². The first-order valence-corrected chi connectivity index (χ1v) is 5.76. The fourth-order valence-corrected chi connectivity index (χ4v) is 2.64. The van der Waals surface area contributed by atoms with Crippen LogP contribution in [0.25, 0.3) is 0 Å². The third-order valence-corrected chi connectivity index (χ3v) is 4.20. The van der Waals surface area contributed by atoms with Gasteiger partial charge in [-0.2, -0.15) is 0 Å². The molecule has 0 spiro atoms. The van der Waals surface area contributed by atoms with Crippen LogP contribution in [0.5, 0.6) is 0 Å². The number of nitrogens with one attached hydrogen (secondary N) is 1. The van der Waals surface area contributed by atoms with Crippen LogP contribution >= 0.6 is 11.3 Å². The summed E-state index contributed by atoms with van der Waals surface area (Å²) in [4.78, 5) is 5.85. The minimum Gasteiger partial charge on any atom is -0.312 e. The summed E-state index contributed by atoms with van der Waals surface area (Å²) in [5.41, 5.74) is 0. The Morgan fingerprint density at radius 2 is 2.38 bits per heavy atom. The predicted molar refractivity (Wildman–Crippen MR) is 56.2 cm³/mol. The van der Waals surface area contributed by atoms with Gasteiger partial charge in [0.2, 0.25) is 0 Å². The van der Waals surface area contributed by atoms with Crippen LogP contribution < -0.4 is 5.32 Å². The first kappa shape index (κ1) is 9.16. The van der Waals surface area contributed by atoms with Gasteiger partial charge in [-0.3, -0.25) is 0 Å². The van der Waals surface area contributed by atoms with Gasteiger partial charge in [0.1, 0.15) is 0 Å². The van der Waals surface area contributed by atoms with Gasteiger partial charge >= 0.3 is 0 Å². The molecule has 72 valence electrons. The van der Waals surface area contributed by atoms with Crippen molar-refractivity contribution in [2.45, 2.75) is 38.1 Å². The van der Waals surface area contributed by atoms with Gasteiger partial charge in [0.25, 0.3) is 0 Å². The Labute approximate surface area is 83.4 Å². The molecule has 2 nitrogen and oxygen atoms in total. The van der Waals surface area contributed by atoms with Crippen LogP contribution in [0.1, 0.15) is 48.0 Å². The fraction of sp³-hybridized carbons (Fsp3) is 0.700. The van der Waals surface area contributed by atoms with Gasteiger partial charge < -0.3 is 5.32 Å². The first-order valence-electron chi connectivity index (χ1n) is 4.94. The smallest absolute Gasteiger partial charge is 0.0959 e. The van der Waals surface area contributed by atoms with Gasteiger partial charge in [0.15, 0.2) is 0 Å². The van der Waals surface area contributed by atoms with Gasteiger partial charge in [0, 0.05) is 23.0 Å². The van der Waals surface area contributed by atoms with Crippen LogP contribution in [-0.4, -0.2) is 12.0 Å². The highest BCUT2D eigenvalue weighted by molar-refractivity contribution is 7.11. The molecule has 1 saturated carbocycles. The number of rotatable bonds is 3. The molecule has 1 atom stereocenters. The van der Waals surface area contributed by atoms with Crippen molar-refractivity contribution in [2.24, 2.45) is 0 Å². The molecule has 1 aliphatic carbocycles. The Balaban J connectivity index is 2.08. The first-order chi connectivity index (χ1) is 6.31. The fourth-order valence-electron chi connectivity index (χ4n) is 1.49. The Bertz CT molecular complexity index is 259. The SMILES string of the molecule is CNC(C)c1cnc(C2CCC2)s1. The molecular weight excluding hydrogens is 180 g/mol. The molecule has 0 aliphatic heterocycles. The zero-order valence-electron chi connectivity index (χ0n) is 8.21. The van der Waals surface area contributed by atoms with Crippen LogP contribution in [0, 0.1) is 0 Å². The second kappa shape index (κ2) is 3.76. The number of aromatic nitrogens is 1. The lowest BCUT2D eigenvalue weighted by Gasteiger charge is -2.22. The lowest BCUT2D eigenvalue weighted by atomic mass is 9.86. The number of nitrogens with zero attached hydrogens (tertiary/aromatic N) is 1. The Morgan fingerprint density at radius 3 is 2.92 bits per heavy atom. The van der Waals surface area contributed by atoms with Crippen molar-refractivity contribution >= 4 is 11.3 Å². The van der Waals surface area contributed by atoms with Crippen molar-refractivity contribution in [1.29, 1.82) is 0 Å². The van der Waals surface area contributed by atoms with Crippen molar-refractivity contribution in [1.82, 2.24) is 10.3 Å². The van der Waals surface area contributed by atoms with Gasteiger partial charge in [-0.05, 0) is 26.8 Å². The zero-order chi connectivity index (χ0) is 9.26. The van der Waals surface area contributed by atoms with Crippen LogP contribution in [0.4, 0.5) is 0 Å². The molecule has 1 aromatic rings. The highest BCUT2D eigenvalue weighted by Gasteiger charge is 2.23. The van der Waals surface area contributed by atoms with E-state index < -0.39 is 0 Å². The summed E-state index contributed by atoms with van der Waals surface area (Å²) in [5.74, 6) is 0.780. The van der Waals surface area contributed by atoms with E-state index in [0.717, 1.165) is 5.92 Å². The number of hydrogen-bond acceptors (Lipinski definition) is 3. The molecular formula is C10H16N2S. The second-order valence-electron chi connectivity index (χ2n) is 3.74. The molecule has 0 bridgehead atoms. The van der Waals surface area contributed by atoms with Gasteiger partial charge in [0.05, 0.1) is 5.01 Å². The Morgan fingerprint density at radius 1 is 1.62 bits per heavy atom. The van der Waals surface area contributed by atoms with Crippen LogP contribution in [0.3, 0.4) is 0 Å². The molecule has 0 saturated heterocycles. The molecule has 2 rings (SSSR count). The molecule has 0 aromatic carbocycles. The number of thiazole rings is 1. The molecule has 1 unspecified atom stereocenters. The second-order valence-corrected chi connectivity index (χ2v) is 4.83.